The van der Waals surface area contributed by atoms with E-state index in [-0.39, 0.29) is 11.8 Å². The third kappa shape index (κ3) is 4.62. The molecule has 154 valence electrons. The summed E-state index contributed by atoms with van der Waals surface area (Å²) >= 11 is 6.18. The number of piperidine rings is 1. The van der Waals surface area contributed by atoms with E-state index in [0.717, 1.165) is 47.7 Å². The van der Waals surface area contributed by atoms with Crippen LogP contribution in [0, 0.1) is 0 Å². The molecule has 1 unspecified atom stereocenters. The van der Waals surface area contributed by atoms with E-state index in [1.807, 2.05) is 53.4 Å². The minimum atomic E-state index is 0.137. The Labute approximate surface area is 181 Å². The van der Waals surface area contributed by atoms with E-state index in [4.69, 9.17) is 16.3 Å². The Bertz CT molecular complexity index is 1020. The van der Waals surface area contributed by atoms with Crippen molar-refractivity contribution in [3.8, 4) is 17.0 Å². The molecule has 1 amide bonds. The molecule has 1 aliphatic rings. The zero-order chi connectivity index (χ0) is 20.9. The second-order valence-corrected chi connectivity index (χ2v) is 7.94. The third-order valence-electron chi connectivity index (χ3n) is 5.50. The average Bonchev–Trinajstić information content (AvgIpc) is 2.79. The lowest BCUT2D eigenvalue weighted by atomic mass is 9.91. The first kappa shape index (κ1) is 20.4. The van der Waals surface area contributed by atoms with Gasteiger partial charge in [-0.2, -0.15) is 0 Å². The first-order chi connectivity index (χ1) is 14.6. The predicted octanol–water partition coefficient (Wildman–Crippen LogP) is 4.75. The largest absolute Gasteiger partial charge is 0.497 e. The molecule has 0 spiro atoms. The summed E-state index contributed by atoms with van der Waals surface area (Å²) in [5.41, 5.74) is 3.71. The molecule has 3 aromatic rings. The summed E-state index contributed by atoms with van der Waals surface area (Å²) in [6, 6.07) is 15.3. The zero-order valence-electron chi connectivity index (χ0n) is 16.9. The van der Waals surface area contributed by atoms with Crippen molar-refractivity contribution in [1.29, 1.82) is 0 Å². The lowest BCUT2D eigenvalue weighted by Crippen LogP contribution is -2.40. The molecule has 4 rings (SSSR count). The number of likely N-dealkylation sites (tertiary alicyclic amines) is 1. The second-order valence-electron chi connectivity index (χ2n) is 7.50. The van der Waals surface area contributed by atoms with Crippen LogP contribution in [0.5, 0.6) is 5.75 Å². The van der Waals surface area contributed by atoms with Crippen LogP contribution in [-0.4, -0.2) is 41.0 Å². The van der Waals surface area contributed by atoms with Crippen LogP contribution in [0.1, 0.15) is 30.0 Å². The van der Waals surface area contributed by atoms with E-state index >= 15 is 0 Å². The van der Waals surface area contributed by atoms with Gasteiger partial charge in [-0.3, -0.25) is 14.8 Å². The van der Waals surface area contributed by atoms with Crippen LogP contribution in [0.3, 0.4) is 0 Å². The van der Waals surface area contributed by atoms with Gasteiger partial charge >= 0.3 is 0 Å². The summed E-state index contributed by atoms with van der Waals surface area (Å²) in [7, 11) is 1.64. The Morgan fingerprint density at radius 2 is 1.97 bits per heavy atom. The number of amides is 1. The molecule has 0 radical (unpaired) electrons. The third-order valence-corrected chi connectivity index (χ3v) is 5.73. The van der Waals surface area contributed by atoms with Crippen molar-refractivity contribution in [2.75, 3.05) is 20.2 Å². The fourth-order valence-corrected chi connectivity index (χ4v) is 4.15. The fourth-order valence-electron chi connectivity index (χ4n) is 3.96. The number of hydrogen-bond donors (Lipinski definition) is 0. The Balaban J connectivity index is 1.51. The van der Waals surface area contributed by atoms with Gasteiger partial charge in [0, 0.05) is 42.0 Å². The van der Waals surface area contributed by atoms with Crippen molar-refractivity contribution >= 4 is 17.5 Å². The van der Waals surface area contributed by atoms with Crippen LogP contribution in [0.2, 0.25) is 5.02 Å². The van der Waals surface area contributed by atoms with Gasteiger partial charge in [0.2, 0.25) is 5.91 Å². The minimum Gasteiger partial charge on any atom is -0.497 e. The highest BCUT2D eigenvalue weighted by atomic mass is 35.5. The van der Waals surface area contributed by atoms with E-state index in [1.165, 1.54) is 0 Å². The number of carbonyl (C=O) groups is 1. The summed E-state index contributed by atoms with van der Waals surface area (Å²) in [6.07, 6.45) is 5.75. The van der Waals surface area contributed by atoms with Crippen LogP contribution >= 0.6 is 11.6 Å². The highest BCUT2D eigenvalue weighted by molar-refractivity contribution is 6.30. The zero-order valence-corrected chi connectivity index (χ0v) is 17.7. The van der Waals surface area contributed by atoms with Crippen molar-refractivity contribution < 1.29 is 9.53 Å². The van der Waals surface area contributed by atoms with Crippen molar-refractivity contribution in [3.63, 3.8) is 0 Å². The molecule has 1 aliphatic heterocycles. The Hall–Kier alpha value is -2.92. The molecule has 0 N–H and O–H groups in total. The molecule has 0 bridgehead atoms. The number of rotatable bonds is 5. The quantitative estimate of drug-likeness (QED) is 0.596. The number of benzene rings is 2. The molecule has 2 heterocycles. The predicted molar refractivity (Wildman–Crippen MR) is 118 cm³/mol. The van der Waals surface area contributed by atoms with E-state index in [2.05, 4.69) is 9.97 Å². The lowest BCUT2D eigenvalue weighted by molar-refractivity contribution is -0.131. The van der Waals surface area contributed by atoms with Gasteiger partial charge in [0.25, 0.3) is 0 Å². The molecule has 0 saturated carbocycles. The summed E-state index contributed by atoms with van der Waals surface area (Å²) in [5.74, 6) is 1.08. The van der Waals surface area contributed by atoms with Crippen LogP contribution in [0.15, 0.2) is 60.9 Å². The van der Waals surface area contributed by atoms with Crippen LogP contribution in [0.4, 0.5) is 0 Å². The van der Waals surface area contributed by atoms with Gasteiger partial charge in [0.1, 0.15) is 5.75 Å². The first-order valence-corrected chi connectivity index (χ1v) is 10.5. The van der Waals surface area contributed by atoms with Crippen LogP contribution in [0.25, 0.3) is 11.3 Å². The maximum absolute atomic E-state index is 12.9. The standard InChI is InChI=1S/C24H24ClN3O2/c1-30-21-9-7-17(8-10-21)14-22(29)28-13-3-5-19(16-28)24-23(26-11-12-27-24)18-4-2-6-20(25)15-18/h2,4,6-12,15,19H,3,5,13-14,16H2,1H3. The van der Waals surface area contributed by atoms with Gasteiger partial charge in [-0.1, -0.05) is 35.9 Å². The summed E-state index contributed by atoms with van der Waals surface area (Å²) in [5, 5.41) is 0.670. The van der Waals surface area contributed by atoms with Crippen molar-refractivity contribution in [2.24, 2.45) is 0 Å². The van der Waals surface area contributed by atoms with E-state index < -0.39 is 0 Å². The Morgan fingerprint density at radius 1 is 1.17 bits per heavy atom. The number of aromatic nitrogens is 2. The highest BCUT2D eigenvalue weighted by Gasteiger charge is 2.28. The molecule has 1 atom stereocenters. The molecule has 5 nitrogen and oxygen atoms in total. The van der Waals surface area contributed by atoms with Crippen LogP contribution in [-0.2, 0) is 11.2 Å². The number of nitrogens with zero attached hydrogens (tertiary/aromatic N) is 3. The summed E-state index contributed by atoms with van der Waals surface area (Å²) in [6.45, 7) is 1.43. The molecule has 0 aliphatic carbocycles. The maximum atomic E-state index is 12.9. The Kier molecular flexibility index (Phi) is 6.29. The molecule has 30 heavy (non-hydrogen) atoms. The van der Waals surface area contributed by atoms with Crippen molar-refractivity contribution in [2.45, 2.75) is 25.2 Å². The molecular formula is C24H24ClN3O2. The molecule has 1 saturated heterocycles. The molecular weight excluding hydrogens is 398 g/mol. The number of hydrogen-bond acceptors (Lipinski definition) is 4. The summed E-state index contributed by atoms with van der Waals surface area (Å²) < 4.78 is 5.19. The molecule has 6 heteroatoms. The van der Waals surface area contributed by atoms with Gasteiger partial charge in [0.05, 0.1) is 24.9 Å². The summed E-state index contributed by atoms with van der Waals surface area (Å²) in [4.78, 5) is 24.1. The normalized spacial score (nSPS) is 16.3. The maximum Gasteiger partial charge on any atom is 0.227 e. The number of methoxy groups -OCH3 is 1. The van der Waals surface area contributed by atoms with E-state index in [1.54, 1.807) is 19.5 Å². The topological polar surface area (TPSA) is 55.3 Å². The first-order valence-electron chi connectivity index (χ1n) is 10.1. The average molecular weight is 422 g/mol. The SMILES string of the molecule is COc1ccc(CC(=O)N2CCCC(c3nccnc3-c3cccc(Cl)c3)C2)cc1. The fraction of sp³-hybridized carbons (Fsp3) is 0.292. The van der Waals surface area contributed by atoms with Crippen molar-refractivity contribution in [1.82, 2.24) is 14.9 Å². The van der Waals surface area contributed by atoms with E-state index in [0.29, 0.717) is 18.0 Å². The smallest absolute Gasteiger partial charge is 0.227 e. The van der Waals surface area contributed by atoms with Gasteiger partial charge in [-0.25, -0.2) is 0 Å². The molecule has 1 aromatic heterocycles. The van der Waals surface area contributed by atoms with E-state index in [9.17, 15) is 4.79 Å². The number of carbonyl (C=O) groups excluding carboxylic acids is 1. The van der Waals surface area contributed by atoms with Crippen molar-refractivity contribution in [3.05, 3.63) is 77.2 Å². The number of ether oxygens (including phenoxy) is 1. The monoisotopic (exact) mass is 421 g/mol. The van der Waals surface area contributed by atoms with Crippen LogP contribution < -0.4 is 4.74 Å². The number of halogens is 1. The van der Waals surface area contributed by atoms with Gasteiger partial charge < -0.3 is 9.64 Å². The van der Waals surface area contributed by atoms with Gasteiger partial charge in [0.15, 0.2) is 0 Å². The van der Waals surface area contributed by atoms with Gasteiger partial charge in [-0.15, -0.1) is 0 Å². The molecule has 1 fully saturated rings. The second kappa shape index (κ2) is 9.26. The minimum absolute atomic E-state index is 0.137. The Morgan fingerprint density at radius 3 is 2.73 bits per heavy atom. The molecule has 2 aromatic carbocycles. The lowest BCUT2D eigenvalue weighted by Gasteiger charge is -2.33. The highest BCUT2D eigenvalue weighted by Crippen LogP contribution is 2.32. The van der Waals surface area contributed by atoms with Gasteiger partial charge in [-0.05, 0) is 42.7 Å².